The highest BCUT2D eigenvalue weighted by molar-refractivity contribution is 7.13. The Hall–Kier alpha value is -2.74. The molecular formula is C20H22N4O3S. The van der Waals surface area contributed by atoms with Crippen molar-refractivity contribution in [3.05, 3.63) is 34.8 Å². The molecule has 0 aromatic carbocycles. The molecule has 146 valence electrons. The number of aryl methyl sites for hydroxylation is 2. The third-order valence-electron chi connectivity index (χ3n) is 5.00. The molecule has 1 saturated heterocycles. The van der Waals surface area contributed by atoms with Gasteiger partial charge >= 0.3 is 5.97 Å². The van der Waals surface area contributed by atoms with Gasteiger partial charge in [-0.2, -0.15) is 5.10 Å². The van der Waals surface area contributed by atoms with Gasteiger partial charge in [0.2, 0.25) is 0 Å². The Kier molecular flexibility index (Phi) is 5.13. The Morgan fingerprint density at radius 3 is 2.75 bits per heavy atom. The first-order valence-corrected chi connectivity index (χ1v) is 10.3. The van der Waals surface area contributed by atoms with Crippen molar-refractivity contribution in [1.82, 2.24) is 19.7 Å². The molecule has 1 aliphatic rings. The van der Waals surface area contributed by atoms with Crippen LogP contribution >= 0.6 is 11.3 Å². The Morgan fingerprint density at radius 1 is 1.25 bits per heavy atom. The number of amides is 1. The van der Waals surface area contributed by atoms with E-state index >= 15 is 0 Å². The van der Waals surface area contributed by atoms with Crippen molar-refractivity contribution in [3.63, 3.8) is 0 Å². The normalized spacial score (nSPS) is 14.4. The molecular weight excluding hydrogens is 376 g/mol. The van der Waals surface area contributed by atoms with Gasteiger partial charge in [0.05, 0.1) is 27.2 Å². The zero-order valence-electron chi connectivity index (χ0n) is 16.0. The number of likely N-dealkylation sites (tertiary alicyclic amines) is 1. The van der Waals surface area contributed by atoms with E-state index in [0.717, 1.165) is 37.2 Å². The zero-order chi connectivity index (χ0) is 19.7. The fourth-order valence-corrected chi connectivity index (χ4v) is 4.28. The van der Waals surface area contributed by atoms with Crippen LogP contribution in [0.5, 0.6) is 0 Å². The van der Waals surface area contributed by atoms with Gasteiger partial charge in [-0.1, -0.05) is 6.07 Å². The summed E-state index contributed by atoms with van der Waals surface area (Å²) in [6.45, 7) is 3.07. The number of aromatic nitrogens is 3. The van der Waals surface area contributed by atoms with Crippen LogP contribution < -0.4 is 0 Å². The smallest absolute Gasteiger partial charge is 0.339 e. The van der Waals surface area contributed by atoms with E-state index in [1.165, 1.54) is 0 Å². The number of fused-ring (bicyclic) bond motifs is 1. The van der Waals surface area contributed by atoms with E-state index in [0.29, 0.717) is 28.0 Å². The first-order chi connectivity index (χ1) is 13.5. The van der Waals surface area contributed by atoms with Crippen LogP contribution in [0.3, 0.4) is 0 Å². The maximum Gasteiger partial charge on any atom is 0.339 e. The van der Waals surface area contributed by atoms with Crippen molar-refractivity contribution < 1.29 is 14.3 Å². The van der Waals surface area contributed by atoms with Crippen molar-refractivity contribution in [2.75, 3.05) is 19.7 Å². The van der Waals surface area contributed by atoms with Gasteiger partial charge in [0.25, 0.3) is 5.91 Å². The van der Waals surface area contributed by atoms with Gasteiger partial charge in [-0.25, -0.2) is 9.78 Å². The lowest BCUT2D eigenvalue weighted by Gasteiger charge is -2.26. The molecule has 4 rings (SSSR count). The van der Waals surface area contributed by atoms with E-state index in [1.807, 2.05) is 24.4 Å². The minimum atomic E-state index is -0.522. The standard InChI is InChI=1S/C20H22N4O3S/c1-13-18-14(20(26)27-12-17(25)24-8-4-3-5-9-24)11-15(16-7-6-10-28-16)21-19(18)23(2)22-13/h6-7,10-11H,3-5,8-9,12H2,1-2H3. The number of pyridine rings is 1. The predicted molar refractivity (Wildman–Crippen MR) is 107 cm³/mol. The largest absolute Gasteiger partial charge is 0.452 e. The molecule has 8 heteroatoms. The third kappa shape index (κ3) is 3.52. The van der Waals surface area contributed by atoms with Crippen LogP contribution in [-0.2, 0) is 16.6 Å². The second kappa shape index (κ2) is 7.71. The molecule has 7 nitrogen and oxygen atoms in total. The number of carbonyl (C=O) groups is 2. The number of hydrogen-bond acceptors (Lipinski definition) is 6. The summed E-state index contributed by atoms with van der Waals surface area (Å²) >= 11 is 1.55. The summed E-state index contributed by atoms with van der Waals surface area (Å²) in [5.74, 6) is -0.661. The molecule has 4 heterocycles. The lowest BCUT2D eigenvalue weighted by atomic mass is 10.1. The van der Waals surface area contributed by atoms with E-state index in [4.69, 9.17) is 4.74 Å². The summed E-state index contributed by atoms with van der Waals surface area (Å²) in [6, 6.07) is 5.63. The number of hydrogen-bond donors (Lipinski definition) is 0. The molecule has 0 N–H and O–H groups in total. The summed E-state index contributed by atoms with van der Waals surface area (Å²) in [7, 11) is 1.80. The maximum absolute atomic E-state index is 12.9. The Bertz CT molecular complexity index is 1020. The molecule has 28 heavy (non-hydrogen) atoms. The number of nitrogens with zero attached hydrogens (tertiary/aromatic N) is 4. The summed E-state index contributed by atoms with van der Waals surface area (Å²) in [5.41, 5.74) is 2.42. The van der Waals surface area contributed by atoms with Crippen molar-refractivity contribution in [2.45, 2.75) is 26.2 Å². The van der Waals surface area contributed by atoms with Gasteiger partial charge in [0.1, 0.15) is 0 Å². The number of carbonyl (C=O) groups excluding carboxylic acids is 2. The minimum absolute atomic E-state index is 0.139. The molecule has 0 radical (unpaired) electrons. The quantitative estimate of drug-likeness (QED) is 0.631. The maximum atomic E-state index is 12.9. The number of esters is 1. The van der Waals surface area contributed by atoms with Crippen LogP contribution in [0.4, 0.5) is 0 Å². The van der Waals surface area contributed by atoms with Crippen LogP contribution in [0.25, 0.3) is 21.6 Å². The second-order valence-corrected chi connectivity index (χ2v) is 7.91. The average Bonchev–Trinajstić information content (AvgIpc) is 3.34. The molecule has 3 aromatic heterocycles. The number of thiophene rings is 1. The molecule has 0 bridgehead atoms. The van der Waals surface area contributed by atoms with Gasteiger partial charge in [0, 0.05) is 20.1 Å². The molecule has 0 unspecified atom stereocenters. The summed E-state index contributed by atoms with van der Waals surface area (Å²) in [5, 5.41) is 7.03. The number of ether oxygens (including phenoxy) is 1. The van der Waals surface area contributed by atoms with Crippen LogP contribution in [0.15, 0.2) is 23.6 Å². The summed E-state index contributed by atoms with van der Waals surface area (Å²) < 4.78 is 7.06. The molecule has 1 amide bonds. The third-order valence-corrected chi connectivity index (χ3v) is 5.89. The predicted octanol–water partition coefficient (Wildman–Crippen LogP) is 3.17. The van der Waals surface area contributed by atoms with Crippen molar-refractivity contribution >= 4 is 34.2 Å². The summed E-state index contributed by atoms with van der Waals surface area (Å²) in [4.78, 5) is 32.6. The fraction of sp³-hybridized carbons (Fsp3) is 0.400. The van der Waals surface area contributed by atoms with Crippen molar-refractivity contribution in [1.29, 1.82) is 0 Å². The Morgan fingerprint density at radius 2 is 2.04 bits per heavy atom. The van der Waals surface area contributed by atoms with Crippen LogP contribution in [0.1, 0.15) is 35.3 Å². The van der Waals surface area contributed by atoms with Crippen LogP contribution in [0, 0.1) is 6.92 Å². The average molecular weight is 398 g/mol. The van der Waals surface area contributed by atoms with Crippen LogP contribution in [-0.4, -0.2) is 51.2 Å². The molecule has 0 atom stereocenters. The minimum Gasteiger partial charge on any atom is -0.452 e. The first kappa shape index (κ1) is 18.6. The van der Waals surface area contributed by atoms with Crippen molar-refractivity contribution in [3.8, 4) is 10.6 Å². The van der Waals surface area contributed by atoms with E-state index in [-0.39, 0.29) is 12.5 Å². The van der Waals surface area contributed by atoms with Gasteiger partial charge in [-0.3, -0.25) is 9.48 Å². The van der Waals surface area contributed by atoms with Gasteiger partial charge in [-0.05, 0) is 43.7 Å². The van der Waals surface area contributed by atoms with Crippen molar-refractivity contribution in [2.24, 2.45) is 7.05 Å². The molecule has 1 fully saturated rings. The second-order valence-electron chi connectivity index (χ2n) is 6.96. The molecule has 3 aromatic rings. The first-order valence-electron chi connectivity index (χ1n) is 9.37. The van der Waals surface area contributed by atoms with Gasteiger partial charge in [0.15, 0.2) is 12.3 Å². The molecule has 1 aliphatic heterocycles. The number of piperidine rings is 1. The van der Waals surface area contributed by atoms with Gasteiger partial charge in [-0.15, -0.1) is 11.3 Å². The highest BCUT2D eigenvalue weighted by atomic mass is 32.1. The number of rotatable bonds is 4. The summed E-state index contributed by atoms with van der Waals surface area (Å²) in [6.07, 6.45) is 3.15. The zero-order valence-corrected chi connectivity index (χ0v) is 16.8. The highest BCUT2D eigenvalue weighted by Gasteiger charge is 2.23. The topological polar surface area (TPSA) is 77.3 Å². The van der Waals surface area contributed by atoms with E-state index in [2.05, 4.69) is 10.1 Å². The SMILES string of the molecule is Cc1nn(C)c2nc(-c3cccs3)cc(C(=O)OCC(=O)N3CCCCC3)c12. The fourth-order valence-electron chi connectivity index (χ4n) is 3.60. The van der Waals surface area contributed by atoms with Crippen LogP contribution in [0.2, 0.25) is 0 Å². The molecule has 0 spiro atoms. The lowest BCUT2D eigenvalue weighted by molar-refractivity contribution is -0.135. The lowest BCUT2D eigenvalue weighted by Crippen LogP contribution is -2.38. The Balaban J connectivity index is 1.63. The van der Waals surface area contributed by atoms with E-state index in [9.17, 15) is 9.59 Å². The Labute approximate surface area is 166 Å². The van der Waals surface area contributed by atoms with E-state index in [1.54, 1.807) is 34.0 Å². The highest BCUT2D eigenvalue weighted by Crippen LogP contribution is 2.29. The molecule has 0 aliphatic carbocycles. The molecule has 0 saturated carbocycles. The van der Waals surface area contributed by atoms with Gasteiger partial charge < -0.3 is 9.64 Å². The van der Waals surface area contributed by atoms with E-state index < -0.39 is 5.97 Å². The monoisotopic (exact) mass is 398 g/mol.